The predicted molar refractivity (Wildman–Crippen MR) is 65.2 cm³/mol. The third-order valence-electron chi connectivity index (χ3n) is 2.69. The van der Waals surface area contributed by atoms with Gasteiger partial charge in [0.25, 0.3) is 0 Å². The third-order valence-corrected chi connectivity index (χ3v) is 2.69. The summed E-state index contributed by atoms with van der Waals surface area (Å²) in [5.41, 5.74) is 0.828. The van der Waals surface area contributed by atoms with Crippen LogP contribution in [0, 0.1) is 5.82 Å². The largest absolute Gasteiger partial charge is 0.356 e. The fourth-order valence-corrected chi connectivity index (χ4v) is 1.86. The number of halogens is 1. The molecule has 0 saturated heterocycles. The molecule has 0 bridgehead atoms. The van der Waals surface area contributed by atoms with Gasteiger partial charge in [-0.15, -0.1) is 0 Å². The highest BCUT2D eigenvalue weighted by molar-refractivity contribution is 5.80. The molecule has 4 heteroatoms. The molecule has 0 aliphatic rings. The fraction of sp³-hybridized carbons (Fsp3) is 0.308. The van der Waals surface area contributed by atoms with Crippen LogP contribution in [0.4, 0.5) is 4.39 Å². The van der Waals surface area contributed by atoms with Gasteiger partial charge in [-0.3, -0.25) is 4.79 Å². The van der Waals surface area contributed by atoms with Crippen molar-refractivity contribution in [2.24, 2.45) is 0 Å². The molecule has 1 aromatic heterocycles. The van der Waals surface area contributed by atoms with E-state index >= 15 is 0 Å². The molecule has 1 heterocycles. The van der Waals surface area contributed by atoms with Crippen LogP contribution in [0.1, 0.15) is 13.3 Å². The zero-order valence-corrected chi connectivity index (χ0v) is 9.74. The highest BCUT2D eigenvalue weighted by atomic mass is 19.1. The van der Waals surface area contributed by atoms with E-state index in [-0.39, 0.29) is 11.7 Å². The number of nitrogens with one attached hydrogen (secondary N) is 1. The number of aromatic nitrogens is 1. The van der Waals surface area contributed by atoms with Gasteiger partial charge in [0.15, 0.2) is 0 Å². The zero-order valence-electron chi connectivity index (χ0n) is 9.74. The number of amides is 1. The highest BCUT2D eigenvalue weighted by Gasteiger charge is 2.04. The number of rotatable bonds is 4. The number of aryl methyl sites for hydroxylation is 1. The summed E-state index contributed by atoms with van der Waals surface area (Å²) in [7, 11) is 0. The molecule has 0 saturated carbocycles. The van der Waals surface area contributed by atoms with E-state index in [1.54, 1.807) is 6.07 Å². The van der Waals surface area contributed by atoms with Gasteiger partial charge in [-0.1, -0.05) is 0 Å². The van der Waals surface area contributed by atoms with Crippen molar-refractivity contribution >= 4 is 16.8 Å². The lowest BCUT2D eigenvalue weighted by atomic mass is 10.2. The van der Waals surface area contributed by atoms with Crippen LogP contribution in [0.5, 0.6) is 0 Å². The normalized spacial score (nSPS) is 10.7. The molecule has 17 heavy (non-hydrogen) atoms. The monoisotopic (exact) mass is 234 g/mol. The van der Waals surface area contributed by atoms with Gasteiger partial charge in [0.1, 0.15) is 5.82 Å². The molecular weight excluding hydrogens is 219 g/mol. The molecule has 1 amide bonds. The van der Waals surface area contributed by atoms with E-state index < -0.39 is 0 Å². The van der Waals surface area contributed by atoms with Gasteiger partial charge in [0.2, 0.25) is 5.91 Å². The molecule has 1 aromatic carbocycles. The molecule has 0 spiro atoms. The van der Waals surface area contributed by atoms with Crippen LogP contribution in [0.15, 0.2) is 30.5 Å². The van der Waals surface area contributed by atoms with Crippen molar-refractivity contribution in [1.82, 2.24) is 9.88 Å². The molecular formula is C13H15FN2O. The summed E-state index contributed by atoms with van der Waals surface area (Å²) in [6, 6.07) is 6.60. The number of hydrogen-bond acceptors (Lipinski definition) is 1. The summed E-state index contributed by atoms with van der Waals surface area (Å²) in [6.07, 6.45) is 2.29. The summed E-state index contributed by atoms with van der Waals surface area (Å²) in [4.78, 5) is 11.3. The molecule has 0 radical (unpaired) electrons. The van der Waals surface area contributed by atoms with Gasteiger partial charge in [0.05, 0.1) is 5.52 Å². The van der Waals surface area contributed by atoms with Crippen molar-refractivity contribution < 1.29 is 9.18 Å². The SMILES string of the molecule is CCNC(=O)CCn1ccc2ccc(F)cc21. The van der Waals surface area contributed by atoms with Gasteiger partial charge in [0, 0.05) is 25.7 Å². The Morgan fingerprint density at radius 3 is 3.00 bits per heavy atom. The van der Waals surface area contributed by atoms with Crippen LogP contribution in [0.3, 0.4) is 0 Å². The van der Waals surface area contributed by atoms with Crippen LogP contribution in [-0.4, -0.2) is 17.0 Å². The molecule has 0 fully saturated rings. The van der Waals surface area contributed by atoms with Crippen molar-refractivity contribution in [2.75, 3.05) is 6.54 Å². The van der Waals surface area contributed by atoms with E-state index in [0.29, 0.717) is 19.5 Å². The fourth-order valence-electron chi connectivity index (χ4n) is 1.86. The van der Waals surface area contributed by atoms with Crippen molar-refractivity contribution in [1.29, 1.82) is 0 Å². The molecule has 2 rings (SSSR count). The average Bonchev–Trinajstić information content (AvgIpc) is 2.69. The minimum absolute atomic E-state index is 0.0192. The van der Waals surface area contributed by atoms with Crippen molar-refractivity contribution in [3.05, 3.63) is 36.3 Å². The summed E-state index contributed by atoms with van der Waals surface area (Å²) in [5.74, 6) is -0.235. The Morgan fingerprint density at radius 1 is 1.41 bits per heavy atom. The van der Waals surface area contributed by atoms with Crippen LogP contribution >= 0.6 is 0 Å². The standard InChI is InChI=1S/C13H15FN2O/c1-2-15-13(17)6-8-16-7-5-10-3-4-11(14)9-12(10)16/h3-5,7,9H,2,6,8H2,1H3,(H,15,17). The predicted octanol–water partition coefficient (Wildman–Crippen LogP) is 2.31. The van der Waals surface area contributed by atoms with Crippen LogP contribution in [-0.2, 0) is 11.3 Å². The first kappa shape index (κ1) is 11.6. The number of carbonyl (C=O) groups excluding carboxylic acids is 1. The topological polar surface area (TPSA) is 34.0 Å². The lowest BCUT2D eigenvalue weighted by Gasteiger charge is -2.05. The highest BCUT2D eigenvalue weighted by Crippen LogP contribution is 2.17. The second kappa shape index (κ2) is 4.99. The van der Waals surface area contributed by atoms with Crippen molar-refractivity contribution in [3.8, 4) is 0 Å². The molecule has 3 nitrogen and oxygen atoms in total. The lowest BCUT2D eigenvalue weighted by Crippen LogP contribution is -2.23. The van der Waals surface area contributed by atoms with E-state index in [1.165, 1.54) is 12.1 Å². The summed E-state index contributed by atoms with van der Waals surface area (Å²) >= 11 is 0. The van der Waals surface area contributed by atoms with Crippen molar-refractivity contribution in [3.63, 3.8) is 0 Å². The van der Waals surface area contributed by atoms with Gasteiger partial charge < -0.3 is 9.88 Å². The summed E-state index contributed by atoms with van der Waals surface area (Å²) < 4.78 is 15.0. The van der Waals surface area contributed by atoms with Crippen molar-refractivity contribution in [2.45, 2.75) is 19.9 Å². The smallest absolute Gasteiger partial charge is 0.221 e. The summed E-state index contributed by atoms with van der Waals surface area (Å²) in [5, 5.41) is 3.73. The Balaban J connectivity index is 2.13. The first-order valence-electron chi connectivity index (χ1n) is 5.72. The van der Waals surface area contributed by atoms with Crippen LogP contribution in [0.25, 0.3) is 10.9 Å². The lowest BCUT2D eigenvalue weighted by molar-refractivity contribution is -0.121. The number of carbonyl (C=O) groups is 1. The number of hydrogen-bond donors (Lipinski definition) is 1. The first-order chi connectivity index (χ1) is 8.20. The van der Waals surface area contributed by atoms with Gasteiger partial charge >= 0.3 is 0 Å². The number of fused-ring (bicyclic) bond motifs is 1. The van der Waals surface area contributed by atoms with Crippen LogP contribution in [0.2, 0.25) is 0 Å². The molecule has 0 aliphatic carbocycles. The quantitative estimate of drug-likeness (QED) is 0.865. The number of benzene rings is 1. The average molecular weight is 234 g/mol. The molecule has 1 N–H and O–H groups in total. The second-order valence-electron chi connectivity index (χ2n) is 3.92. The molecule has 2 aromatic rings. The Labute approximate surface area is 99.2 Å². The van der Waals surface area contributed by atoms with E-state index in [9.17, 15) is 9.18 Å². The Bertz CT molecular complexity index is 533. The molecule has 0 atom stereocenters. The summed E-state index contributed by atoms with van der Waals surface area (Å²) in [6.45, 7) is 3.09. The maximum atomic E-state index is 13.1. The first-order valence-corrected chi connectivity index (χ1v) is 5.72. The second-order valence-corrected chi connectivity index (χ2v) is 3.92. The third kappa shape index (κ3) is 2.64. The maximum Gasteiger partial charge on any atom is 0.221 e. The molecule has 0 unspecified atom stereocenters. The van der Waals surface area contributed by atoms with Gasteiger partial charge in [-0.2, -0.15) is 0 Å². The molecule has 0 aliphatic heterocycles. The number of nitrogens with zero attached hydrogens (tertiary/aromatic N) is 1. The Morgan fingerprint density at radius 2 is 2.24 bits per heavy atom. The Hall–Kier alpha value is -1.84. The maximum absolute atomic E-state index is 13.1. The van der Waals surface area contributed by atoms with Gasteiger partial charge in [-0.25, -0.2) is 4.39 Å². The zero-order chi connectivity index (χ0) is 12.3. The van der Waals surface area contributed by atoms with E-state index in [4.69, 9.17) is 0 Å². The molecule has 90 valence electrons. The van der Waals surface area contributed by atoms with E-state index in [1.807, 2.05) is 23.8 Å². The van der Waals surface area contributed by atoms with Crippen LogP contribution < -0.4 is 5.32 Å². The minimum atomic E-state index is -0.254. The minimum Gasteiger partial charge on any atom is -0.356 e. The van der Waals surface area contributed by atoms with E-state index in [0.717, 1.165) is 10.9 Å². The van der Waals surface area contributed by atoms with Gasteiger partial charge in [-0.05, 0) is 36.6 Å². The Kier molecular flexibility index (Phi) is 3.42. The van der Waals surface area contributed by atoms with E-state index in [2.05, 4.69) is 5.32 Å².